The van der Waals surface area contributed by atoms with Gasteiger partial charge in [-0.3, -0.25) is 4.79 Å². The number of nitrogens with one attached hydrogen (secondary N) is 1. The maximum absolute atomic E-state index is 11.7. The zero-order valence-electron chi connectivity index (χ0n) is 10.2. The number of anilines is 1. The van der Waals surface area contributed by atoms with Gasteiger partial charge in [-0.25, -0.2) is 4.98 Å². The molecule has 1 aromatic heterocycles. The van der Waals surface area contributed by atoms with Crippen LogP contribution in [0.4, 0.5) is 5.13 Å². The first-order valence-electron chi connectivity index (χ1n) is 6.34. The van der Waals surface area contributed by atoms with Gasteiger partial charge in [-0.1, -0.05) is 32.1 Å². The summed E-state index contributed by atoms with van der Waals surface area (Å²) in [6.07, 6.45) is 8.26. The molecule has 1 heterocycles. The Morgan fingerprint density at radius 3 is 2.82 bits per heavy atom. The van der Waals surface area contributed by atoms with Crippen molar-refractivity contribution in [3.05, 3.63) is 5.82 Å². The zero-order valence-corrected chi connectivity index (χ0v) is 11.1. The molecule has 1 fully saturated rings. The molecule has 1 saturated carbocycles. The molecule has 4 nitrogen and oxygen atoms in total. The van der Waals surface area contributed by atoms with Gasteiger partial charge < -0.3 is 5.32 Å². The first kappa shape index (κ1) is 12.5. The lowest BCUT2D eigenvalue weighted by molar-refractivity contribution is -0.116. The highest BCUT2D eigenvalue weighted by molar-refractivity contribution is 7.09. The number of hydrogen-bond donors (Lipinski definition) is 1. The van der Waals surface area contributed by atoms with Crippen LogP contribution in [-0.4, -0.2) is 15.3 Å². The maximum Gasteiger partial charge on any atom is 0.226 e. The van der Waals surface area contributed by atoms with Crippen LogP contribution in [0.2, 0.25) is 0 Å². The van der Waals surface area contributed by atoms with E-state index in [2.05, 4.69) is 14.7 Å². The predicted octanol–water partition coefficient (Wildman–Crippen LogP) is 3.15. The number of aromatic nitrogens is 2. The first-order valence-corrected chi connectivity index (χ1v) is 7.11. The van der Waals surface area contributed by atoms with E-state index in [9.17, 15) is 4.79 Å². The molecule has 1 aromatic rings. The summed E-state index contributed by atoms with van der Waals surface area (Å²) >= 11 is 1.25. The second-order valence-corrected chi connectivity index (χ2v) is 5.49. The molecule has 0 saturated heterocycles. The number of nitrogens with zero attached hydrogens (tertiary/aromatic N) is 2. The molecule has 0 radical (unpaired) electrons. The standard InChI is InChI=1S/C12H19N3OS/c1-9-13-12(17-15-9)14-11(16)8-7-10-5-3-2-4-6-10/h10H,2-8H2,1H3,(H,13,14,15,16). The molecule has 0 atom stereocenters. The van der Waals surface area contributed by atoms with Crippen molar-refractivity contribution in [2.24, 2.45) is 5.92 Å². The average Bonchev–Trinajstić information content (AvgIpc) is 2.73. The fourth-order valence-corrected chi connectivity index (χ4v) is 2.93. The largest absolute Gasteiger partial charge is 0.301 e. The zero-order chi connectivity index (χ0) is 12.1. The lowest BCUT2D eigenvalue weighted by atomic mass is 9.86. The maximum atomic E-state index is 11.7. The normalized spacial score (nSPS) is 17.0. The van der Waals surface area contributed by atoms with Crippen LogP contribution < -0.4 is 5.32 Å². The van der Waals surface area contributed by atoms with Gasteiger partial charge >= 0.3 is 0 Å². The fourth-order valence-electron chi connectivity index (χ4n) is 2.34. The van der Waals surface area contributed by atoms with Crippen LogP contribution >= 0.6 is 11.5 Å². The van der Waals surface area contributed by atoms with Gasteiger partial charge in [0.05, 0.1) is 0 Å². The Labute approximate surface area is 106 Å². The lowest BCUT2D eigenvalue weighted by Crippen LogP contribution is -2.14. The molecular weight excluding hydrogens is 234 g/mol. The lowest BCUT2D eigenvalue weighted by Gasteiger charge is -2.20. The van der Waals surface area contributed by atoms with E-state index in [1.165, 1.54) is 43.6 Å². The van der Waals surface area contributed by atoms with Gasteiger partial charge in [-0.05, 0) is 19.3 Å². The minimum Gasteiger partial charge on any atom is -0.301 e. The summed E-state index contributed by atoms with van der Waals surface area (Å²) in [5.74, 6) is 1.55. The number of hydrogen-bond acceptors (Lipinski definition) is 4. The van der Waals surface area contributed by atoms with Crippen molar-refractivity contribution in [3.63, 3.8) is 0 Å². The fraction of sp³-hybridized carbons (Fsp3) is 0.750. The molecule has 94 valence electrons. The van der Waals surface area contributed by atoms with Gasteiger partial charge in [-0.2, -0.15) is 4.37 Å². The average molecular weight is 253 g/mol. The van der Waals surface area contributed by atoms with Gasteiger partial charge in [0.25, 0.3) is 0 Å². The number of carbonyl (C=O) groups is 1. The van der Waals surface area contributed by atoms with Crippen LogP contribution in [0.15, 0.2) is 0 Å². The van der Waals surface area contributed by atoms with Crippen molar-refractivity contribution in [3.8, 4) is 0 Å². The Bertz CT molecular complexity index is 372. The third kappa shape index (κ3) is 4.07. The number of aryl methyl sites for hydroxylation is 1. The summed E-state index contributed by atoms with van der Waals surface area (Å²) in [5, 5.41) is 3.43. The summed E-state index contributed by atoms with van der Waals surface area (Å²) in [6.45, 7) is 1.83. The molecule has 17 heavy (non-hydrogen) atoms. The Hall–Kier alpha value is -0.970. The Morgan fingerprint density at radius 1 is 1.41 bits per heavy atom. The van der Waals surface area contributed by atoms with Crippen LogP contribution in [0.5, 0.6) is 0 Å². The summed E-state index contributed by atoms with van der Waals surface area (Å²) in [6, 6.07) is 0. The van der Waals surface area contributed by atoms with Gasteiger partial charge in [0.1, 0.15) is 5.82 Å². The van der Waals surface area contributed by atoms with Gasteiger partial charge in [-0.15, -0.1) is 0 Å². The van der Waals surface area contributed by atoms with E-state index in [1.54, 1.807) is 0 Å². The van der Waals surface area contributed by atoms with Crippen molar-refractivity contribution >= 4 is 22.6 Å². The van der Waals surface area contributed by atoms with Crippen LogP contribution in [0.3, 0.4) is 0 Å². The molecule has 5 heteroatoms. The molecule has 0 aromatic carbocycles. The summed E-state index contributed by atoms with van der Waals surface area (Å²) < 4.78 is 4.04. The quantitative estimate of drug-likeness (QED) is 0.896. The molecule has 1 amide bonds. The summed E-state index contributed by atoms with van der Waals surface area (Å²) in [5.41, 5.74) is 0. The van der Waals surface area contributed by atoms with Crippen LogP contribution in [0.1, 0.15) is 50.8 Å². The van der Waals surface area contributed by atoms with Crippen molar-refractivity contribution in [2.45, 2.75) is 51.9 Å². The smallest absolute Gasteiger partial charge is 0.226 e. The van der Waals surface area contributed by atoms with Crippen molar-refractivity contribution in [2.75, 3.05) is 5.32 Å². The van der Waals surface area contributed by atoms with Crippen LogP contribution in [0.25, 0.3) is 0 Å². The molecular formula is C12H19N3OS. The monoisotopic (exact) mass is 253 g/mol. The van der Waals surface area contributed by atoms with E-state index in [0.717, 1.165) is 18.2 Å². The first-order chi connectivity index (χ1) is 8.24. The van der Waals surface area contributed by atoms with E-state index >= 15 is 0 Å². The topological polar surface area (TPSA) is 54.9 Å². The Kier molecular flexibility index (Phi) is 4.48. The molecule has 0 unspecified atom stereocenters. The third-order valence-corrected chi connectivity index (χ3v) is 4.00. The minimum absolute atomic E-state index is 0.0757. The molecule has 2 rings (SSSR count). The molecule has 0 aliphatic heterocycles. The van der Waals surface area contributed by atoms with E-state index < -0.39 is 0 Å². The van der Waals surface area contributed by atoms with E-state index in [-0.39, 0.29) is 5.91 Å². The highest BCUT2D eigenvalue weighted by Gasteiger charge is 2.15. The second kappa shape index (κ2) is 6.10. The molecule has 0 spiro atoms. The van der Waals surface area contributed by atoms with E-state index in [1.807, 2.05) is 6.92 Å². The Balaban J connectivity index is 1.70. The Morgan fingerprint density at radius 2 is 2.18 bits per heavy atom. The highest BCUT2D eigenvalue weighted by Crippen LogP contribution is 2.27. The van der Waals surface area contributed by atoms with E-state index in [4.69, 9.17) is 0 Å². The number of carbonyl (C=O) groups excluding carboxylic acids is 1. The molecule has 0 bridgehead atoms. The summed E-state index contributed by atoms with van der Waals surface area (Å²) in [4.78, 5) is 15.8. The van der Waals surface area contributed by atoms with Gasteiger partial charge in [0, 0.05) is 18.0 Å². The number of rotatable bonds is 4. The van der Waals surface area contributed by atoms with E-state index in [0.29, 0.717) is 11.6 Å². The van der Waals surface area contributed by atoms with Crippen LogP contribution in [0, 0.1) is 12.8 Å². The minimum atomic E-state index is 0.0757. The van der Waals surface area contributed by atoms with Gasteiger partial charge in [0.2, 0.25) is 11.0 Å². The summed E-state index contributed by atoms with van der Waals surface area (Å²) in [7, 11) is 0. The van der Waals surface area contributed by atoms with Gasteiger partial charge in [0.15, 0.2) is 0 Å². The van der Waals surface area contributed by atoms with Crippen molar-refractivity contribution in [1.82, 2.24) is 9.36 Å². The predicted molar refractivity (Wildman–Crippen MR) is 69.1 cm³/mol. The SMILES string of the molecule is Cc1nsc(NC(=O)CCC2CCCCC2)n1. The molecule has 1 aliphatic rings. The molecule has 1 N–H and O–H groups in total. The number of amides is 1. The van der Waals surface area contributed by atoms with Crippen LogP contribution in [-0.2, 0) is 4.79 Å². The molecule has 1 aliphatic carbocycles. The highest BCUT2D eigenvalue weighted by atomic mass is 32.1. The van der Waals surface area contributed by atoms with Crippen molar-refractivity contribution < 1.29 is 4.79 Å². The second-order valence-electron chi connectivity index (χ2n) is 4.74. The van der Waals surface area contributed by atoms with Crippen molar-refractivity contribution in [1.29, 1.82) is 0 Å². The third-order valence-electron chi connectivity index (χ3n) is 3.28.